The van der Waals surface area contributed by atoms with Crippen molar-refractivity contribution in [3.63, 3.8) is 0 Å². The van der Waals surface area contributed by atoms with Crippen molar-refractivity contribution >= 4 is 27.3 Å². The average Bonchev–Trinajstić information content (AvgIpc) is 2.75. The van der Waals surface area contributed by atoms with Crippen LogP contribution in [0.15, 0.2) is 18.2 Å². The first-order valence-corrected chi connectivity index (χ1v) is 9.75. The van der Waals surface area contributed by atoms with Gasteiger partial charge in [0, 0.05) is 5.02 Å². The number of nitrogens with one attached hydrogen (secondary N) is 1. The number of halogens is 2. The number of unbranched alkanes of at least 4 members (excludes halogenated alkanes) is 1. The number of aryl methyl sites for hydroxylation is 1. The van der Waals surface area contributed by atoms with E-state index >= 15 is 0 Å². The summed E-state index contributed by atoms with van der Waals surface area (Å²) >= 11 is 6.05. The molecule has 5 nitrogen and oxygen atoms in total. The van der Waals surface area contributed by atoms with Gasteiger partial charge in [-0.1, -0.05) is 31.0 Å². The van der Waals surface area contributed by atoms with E-state index < -0.39 is 15.8 Å². The molecule has 1 heterocycles. The molecule has 0 unspecified atom stereocenters. The predicted octanol–water partition coefficient (Wildman–Crippen LogP) is 3.88. The van der Waals surface area contributed by atoms with E-state index in [-0.39, 0.29) is 5.75 Å². The second kappa shape index (κ2) is 7.53. The topological polar surface area (TPSA) is 64.0 Å². The van der Waals surface area contributed by atoms with Crippen molar-refractivity contribution in [2.45, 2.75) is 40.2 Å². The smallest absolute Gasteiger partial charge is 0.232 e. The van der Waals surface area contributed by atoms with Gasteiger partial charge in [0.1, 0.15) is 5.82 Å². The zero-order chi connectivity index (χ0) is 17.9. The number of hydrogen-bond donors (Lipinski definition) is 1. The molecule has 0 radical (unpaired) electrons. The Bertz CT molecular complexity index is 834. The van der Waals surface area contributed by atoms with Crippen molar-refractivity contribution in [1.29, 1.82) is 0 Å². The van der Waals surface area contributed by atoms with Gasteiger partial charge in [0.25, 0.3) is 0 Å². The lowest BCUT2D eigenvalue weighted by atomic mass is 10.2. The summed E-state index contributed by atoms with van der Waals surface area (Å²) in [4.78, 5) is 0. The summed E-state index contributed by atoms with van der Waals surface area (Å²) in [5, 5.41) is 4.68. The van der Waals surface area contributed by atoms with Crippen LogP contribution in [0, 0.1) is 19.7 Å². The molecule has 1 aromatic carbocycles. The molecule has 0 aliphatic carbocycles. The highest BCUT2D eigenvalue weighted by Gasteiger charge is 2.18. The first kappa shape index (κ1) is 18.7. The average molecular weight is 374 g/mol. The van der Waals surface area contributed by atoms with Crippen molar-refractivity contribution in [2.24, 2.45) is 0 Å². The van der Waals surface area contributed by atoms with Crippen molar-refractivity contribution in [1.82, 2.24) is 9.78 Å². The van der Waals surface area contributed by atoms with E-state index in [2.05, 4.69) is 9.82 Å². The van der Waals surface area contributed by atoms with Crippen LogP contribution >= 0.6 is 11.6 Å². The molecule has 24 heavy (non-hydrogen) atoms. The lowest BCUT2D eigenvalue weighted by molar-refractivity contribution is 0.597. The van der Waals surface area contributed by atoms with Crippen molar-refractivity contribution < 1.29 is 12.8 Å². The van der Waals surface area contributed by atoms with Crippen LogP contribution in [0.3, 0.4) is 0 Å². The van der Waals surface area contributed by atoms with Crippen LogP contribution in [-0.4, -0.2) is 24.0 Å². The van der Waals surface area contributed by atoms with Gasteiger partial charge < -0.3 is 0 Å². The summed E-state index contributed by atoms with van der Waals surface area (Å²) in [6.07, 6.45) is 1.41. The molecule has 0 amide bonds. The van der Waals surface area contributed by atoms with Gasteiger partial charge in [0.15, 0.2) is 0 Å². The zero-order valence-electron chi connectivity index (χ0n) is 13.9. The van der Waals surface area contributed by atoms with E-state index in [9.17, 15) is 12.8 Å². The van der Waals surface area contributed by atoms with E-state index in [1.165, 1.54) is 12.1 Å². The second-order valence-corrected chi connectivity index (χ2v) is 7.96. The van der Waals surface area contributed by atoms with Gasteiger partial charge in [-0.3, -0.25) is 9.40 Å². The Kier molecular flexibility index (Phi) is 5.87. The number of anilines is 1. The molecule has 0 aliphatic heterocycles. The molecule has 1 aromatic heterocycles. The van der Waals surface area contributed by atoms with Crippen LogP contribution in [0.5, 0.6) is 0 Å². The Morgan fingerprint density at radius 3 is 2.67 bits per heavy atom. The molecule has 8 heteroatoms. The third-order valence-corrected chi connectivity index (χ3v) is 5.43. The normalized spacial score (nSPS) is 11.7. The highest BCUT2D eigenvalue weighted by atomic mass is 35.5. The minimum absolute atomic E-state index is 0.0807. The van der Waals surface area contributed by atoms with Gasteiger partial charge in [-0.15, -0.1) is 0 Å². The molecule has 2 aromatic rings. The number of sulfonamides is 1. The zero-order valence-corrected chi connectivity index (χ0v) is 15.5. The first-order chi connectivity index (χ1) is 11.2. The summed E-state index contributed by atoms with van der Waals surface area (Å²) in [6, 6.07) is 4.18. The third-order valence-electron chi connectivity index (χ3n) is 3.74. The maximum atomic E-state index is 13.1. The Hall–Kier alpha value is -1.60. The SMILES string of the molecule is CCCCS(=O)(=O)Nc1c(C)nn(Cc2ccc(F)cc2Cl)c1C. The van der Waals surface area contributed by atoms with E-state index in [0.29, 0.717) is 40.6 Å². The Labute approximate surface area is 146 Å². The van der Waals surface area contributed by atoms with Gasteiger partial charge in [-0.25, -0.2) is 12.8 Å². The third kappa shape index (κ3) is 4.48. The van der Waals surface area contributed by atoms with Crippen LogP contribution in [0.1, 0.15) is 36.7 Å². The number of rotatable bonds is 7. The quantitative estimate of drug-likeness (QED) is 0.800. The number of benzene rings is 1. The molecule has 1 N–H and O–H groups in total. The maximum Gasteiger partial charge on any atom is 0.232 e. The fourth-order valence-electron chi connectivity index (χ4n) is 2.35. The minimum atomic E-state index is -3.39. The van der Waals surface area contributed by atoms with E-state index in [1.54, 1.807) is 24.6 Å². The van der Waals surface area contributed by atoms with Gasteiger partial charge in [-0.05, 0) is 38.0 Å². The summed E-state index contributed by atoms with van der Waals surface area (Å²) in [5.74, 6) is -0.321. The van der Waals surface area contributed by atoms with Crippen molar-refractivity contribution in [3.8, 4) is 0 Å². The Balaban J connectivity index is 2.25. The summed E-state index contributed by atoms with van der Waals surface area (Å²) in [5.41, 5.74) is 2.48. The molecular formula is C16H21ClFN3O2S. The lowest BCUT2D eigenvalue weighted by Gasteiger charge is -2.09. The molecule has 0 aliphatic rings. The largest absolute Gasteiger partial charge is 0.280 e. The molecule has 0 bridgehead atoms. The monoisotopic (exact) mass is 373 g/mol. The van der Waals surface area contributed by atoms with Crippen molar-refractivity contribution in [2.75, 3.05) is 10.5 Å². The number of aromatic nitrogens is 2. The van der Waals surface area contributed by atoms with Crippen LogP contribution < -0.4 is 4.72 Å². The van der Waals surface area contributed by atoms with Gasteiger partial charge in [-0.2, -0.15) is 5.10 Å². The predicted molar refractivity (Wildman–Crippen MR) is 94.5 cm³/mol. The first-order valence-electron chi connectivity index (χ1n) is 7.72. The summed E-state index contributed by atoms with van der Waals surface area (Å²) < 4.78 is 41.6. The van der Waals surface area contributed by atoms with Gasteiger partial charge in [0.2, 0.25) is 10.0 Å². The standard InChI is InChI=1S/C16H21ClFN3O2S/c1-4-5-8-24(22,23)20-16-11(2)19-21(12(16)3)10-13-6-7-14(18)9-15(13)17/h6-7,9,20H,4-5,8,10H2,1-3H3. The Morgan fingerprint density at radius 1 is 1.33 bits per heavy atom. The molecular weight excluding hydrogens is 353 g/mol. The number of nitrogens with zero attached hydrogens (tertiary/aromatic N) is 2. The van der Waals surface area contributed by atoms with E-state index in [0.717, 1.165) is 6.42 Å². The maximum absolute atomic E-state index is 13.1. The molecule has 132 valence electrons. The van der Waals surface area contributed by atoms with Crippen LogP contribution in [-0.2, 0) is 16.6 Å². The van der Waals surface area contributed by atoms with Crippen LogP contribution in [0.4, 0.5) is 10.1 Å². The lowest BCUT2D eigenvalue weighted by Crippen LogP contribution is -2.17. The minimum Gasteiger partial charge on any atom is -0.280 e. The van der Waals surface area contributed by atoms with Gasteiger partial charge >= 0.3 is 0 Å². The van der Waals surface area contributed by atoms with Crippen molar-refractivity contribution in [3.05, 3.63) is 46.0 Å². The number of hydrogen-bond acceptors (Lipinski definition) is 3. The molecule has 0 atom stereocenters. The fourth-order valence-corrected chi connectivity index (χ4v) is 3.95. The Morgan fingerprint density at radius 2 is 2.04 bits per heavy atom. The van der Waals surface area contributed by atoms with Crippen LogP contribution in [0.25, 0.3) is 0 Å². The highest BCUT2D eigenvalue weighted by Crippen LogP contribution is 2.24. The van der Waals surface area contributed by atoms with E-state index in [4.69, 9.17) is 11.6 Å². The fraction of sp³-hybridized carbons (Fsp3) is 0.438. The molecule has 0 spiro atoms. The van der Waals surface area contributed by atoms with E-state index in [1.807, 2.05) is 6.92 Å². The summed E-state index contributed by atoms with van der Waals surface area (Å²) in [7, 11) is -3.39. The molecule has 0 saturated heterocycles. The molecule has 2 rings (SSSR count). The molecule has 0 fully saturated rings. The van der Waals surface area contributed by atoms with Crippen LogP contribution in [0.2, 0.25) is 5.02 Å². The molecule has 0 saturated carbocycles. The second-order valence-electron chi connectivity index (χ2n) is 5.71. The highest BCUT2D eigenvalue weighted by molar-refractivity contribution is 7.92. The van der Waals surface area contributed by atoms with Gasteiger partial charge in [0.05, 0.1) is 29.4 Å². The summed E-state index contributed by atoms with van der Waals surface area (Å²) in [6.45, 7) is 5.81.